The molecule has 2 N–H and O–H groups in total. The standard InChI is InChI=1S/C16H29NO3/c1-12(2)16(3,13-8-5-4-6-9-13)17-14(18)10-7-11-15(19)20/h12-13H,4-11H2,1-3H3,(H,17,18)(H,19,20)/t16-/m1/s1. The molecule has 1 atom stereocenters. The minimum atomic E-state index is -0.836. The molecule has 0 unspecified atom stereocenters. The van der Waals surface area contributed by atoms with Gasteiger partial charge in [0.05, 0.1) is 0 Å². The Kier molecular flexibility index (Phi) is 6.50. The first kappa shape index (κ1) is 17.0. The van der Waals surface area contributed by atoms with Gasteiger partial charge in [0.15, 0.2) is 0 Å². The van der Waals surface area contributed by atoms with E-state index in [1.165, 1.54) is 32.1 Å². The average molecular weight is 283 g/mol. The van der Waals surface area contributed by atoms with Crippen LogP contribution in [0.3, 0.4) is 0 Å². The monoisotopic (exact) mass is 283 g/mol. The summed E-state index contributed by atoms with van der Waals surface area (Å²) in [5.41, 5.74) is -0.166. The Labute approximate surface area is 122 Å². The second kappa shape index (κ2) is 7.65. The molecule has 0 spiro atoms. The van der Waals surface area contributed by atoms with Crippen LogP contribution < -0.4 is 5.32 Å². The fourth-order valence-electron chi connectivity index (χ4n) is 3.18. The van der Waals surface area contributed by atoms with Gasteiger partial charge in [-0.15, -0.1) is 0 Å². The second-order valence-corrected chi connectivity index (χ2v) is 6.57. The van der Waals surface area contributed by atoms with E-state index >= 15 is 0 Å². The lowest BCUT2D eigenvalue weighted by molar-refractivity contribution is -0.137. The number of carboxylic acids is 1. The van der Waals surface area contributed by atoms with E-state index in [4.69, 9.17) is 5.11 Å². The van der Waals surface area contributed by atoms with Crippen molar-refractivity contribution in [3.8, 4) is 0 Å². The summed E-state index contributed by atoms with van der Waals surface area (Å²) in [5, 5.41) is 11.8. The van der Waals surface area contributed by atoms with Crippen molar-refractivity contribution < 1.29 is 14.7 Å². The van der Waals surface area contributed by atoms with E-state index < -0.39 is 5.97 Å². The number of carboxylic acid groups (broad SMARTS) is 1. The van der Waals surface area contributed by atoms with Gasteiger partial charge in [0.25, 0.3) is 0 Å². The zero-order chi connectivity index (χ0) is 15.2. The molecule has 4 nitrogen and oxygen atoms in total. The third-order valence-electron chi connectivity index (χ3n) is 4.86. The molecule has 1 rings (SSSR count). The van der Waals surface area contributed by atoms with E-state index in [-0.39, 0.29) is 17.9 Å². The van der Waals surface area contributed by atoms with Crippen molar-refractivity contribution in [3.63, 3.8) is 0 Å². The molecule has 1 aliphatic rings. The zero-order valence-corrected chi connectivity index (χ0v) is 13.1. The predicted molar refractivity (Wildman–Crippen MR) is 79.4 cm³/mol. The Morgan fingerprint density at radius 1 is 1.20 bits per heavy atom. The van der Waals surface area contributed by atoms with Gasteiger partial charge in [0, 0.05) is 18.4 Å². The Hall–Kier alpha value is -1.06. The van der Waals surface area contributed by atoms with Crippen LogP contribution in [0.4, 0.5) is 0 Å². The van der Waals surface area contributed by atoms with Crippen molar-refractivity contribution in [3.05, 3.63) is 0 Å². The van der Waals surface area contributed by atoms with Crippen LogP contribution in [-0.4, -0.2) is 22.5 Å². The van der Waals surface area contributed by atoms with Crippen LogP contribution in [0, 0.1) is 11.8 Å². The molecule has 1 aliphatic carbocycles. The number of hydrogen-bond donors (Lipinski definition) is 2. The van der Waals surface area contributed by atoms with Crippen LogP contribution in [-0.2, 0) is 9.59 Å². The van der Waals surface area contributed by atoms with Gasteiger partial charge in [-0.1, -0.05) is 33.1 Å². The molecule has 0 aromatic heterocycles. The molecule has 1 saturated carbocycles. The lowest BCUT2D eigenvalue weighted by Crippen LogP contribution is -2.55. The van der Waals surface area contributed by atoms with Gasteiger partial charge in [0.1, 0.15) is 0 Å². The Morgan fingerprint density at radius 2 is 1.80 bits per heavy atom. The topological polar surface area (TPSA) is 66.4 Å². The highest BCUT2D eigenvalue weighted by atomic mass is 16.4. The smallest absolute Gasteiger partial charge is 0.303 e. The maximum absolute atomic E-state index is 12.1. The second-order valence-electron chi connectivity index (χ2n) is 6.57. The number of hydrogen-bond acceptors (Lipinski definition) is 2. The van der Waals surface area contributed by atoms with Crippen LogP contribution in [0.15, 0.2) is 0 Å². The van der Waals surface area contributed by atoms with Crippen molar-refractivity contribution in [2.45, 2.75) is 77.7 Å². The van der Waals surface area contributed by atoms with Crippen molar-refractivity contribution in [2.75, 3.05) is 0 Å². The van der Waals surface area contributed by atoms with Crippen LogP contribution in [0.5, 0.6) is 0 Å². The third kappa shape index (κ3) is 4.80. The Balaban J connectivity index is 2.56. The largest absolute Gasteiger partial charge is 0.481 e. The summed E-state index contributed by atoms with van der Waals surface area (Å²) in [4.78, 5) is 22.6. The highest BCUT2D eigenvalue weighted by Crippen LogP contribution is 2.37. The quantitative estimate of drug-likeness (QED) is 0.753. The Morgan fingerprint density at radius 3 is 2.30 bits per heavy atom. The molecule has 4 heteroatoms. The molecule has 0 radical (unpaired) electrons. The van der Waals surface area contributed by atoms with E-state index in [0.717, 1.165) is 0 Å². The zero-order valence-electron chi connectivity index (χ0n) is 13.1. The number of carbonyl (C=O) groups is 2. The molecule has 0 bridgehead atoms. The third-order valence-corrected chi connectivity index (χ3v) is 4.86. The predicted octanol–water partition coefficient (Wildman–Crippen LogP) is 3.35. The Bertz CT molecular complexity index is 335. The summed E-state index contributed by atoms with van der Waals surface area (Å²) >= 11 is 0. The number of carbonyl (C=O) groups excluding carboxylic acids is 1. The first-order chi connectivity index (χ1) is 9.36. The first-order valence-corrected chi connectivity index (χ1v) is 7.89. The number of aliphatic carboxylic acids is 1. The van der Waals surface area contributed by atoms with Gasteiger partial charge in [-0.05, 0) is 38.0 Å². The van der Waals surface area contributed by atoms with Crippen LogP contribution in [0.25, 0.3) is 0 Å². The summed E-state index contributed by atoms with van der Waals surface area (Å²) in [7, 11) is 0. The maximum Gasteiger partial charge on any atom is 0.303 e. The highest BCUT2D eigenvalue weighted by molar-refractivity contribution is 5.77. The van der Waals surface area contributed by atoms with Crippen molar-refractivity contribution >= 4 is 11.9 Å². The maximum atomic E-state index is 12.1. The molecular weight excluding hydrogens is 254 g/mol. The minimum absolute atomic E-state index is 0.00646. The van der Waals surface area contributed by atoms with E-state index in [1.54, 1.807) is 0 Å². The molecule has 20 heavy (non-hydrogen) atoms. The van der Waals surface area contributed by atoms with Gasteiger partial charge in [0.2, 0.25) is 5.91 Å². The highest BCUT2D eigenvalue weighted by Gasteiger charge is 2.38. The molecule has 1 fully saturated rings. The van der Waals surface area contributed by atoms with Gasteiger partial charge in [-0.3, -0.25) is 9.59 Å². The van der Waals surface area contributed by atoms with Gasteiger partial charge < -0.3 is 10.4 Å². The molecule has 0 aromatic carbocycles. The van der Waals surface area contributed by atoms with Gasteiger partial charge >= 0.3 is 5.97 Å². The van der Waals surface area contributed by atoms with Gasteiger partial charge in [-0.25, -0.2) is 0 Å². The fourth-order valence-corrected chi connectivity index (χ4v) is 3.18. The van der Waals surface area contributed by atoms with E-state index in [1.807, 2.05) is 0 Å². The van der Waals surface area contributed by atoms with E-state index in [9.17, 15) is 9.59 Å². The lowest BCUT2D eigenvalue weighted by atomic mass is 9.70. The van der Waals surface area contributed by atoms with E-state index in [2.05, 4.69) is 26.1 Å². The van der Waals surface area contributed by atoms with Gasteiger partial charge in [-0.2, -0.15) is 0 Å². The molecule has 116 valence electrons. The van der Waals surface area contributed by atoms with Crippen molar-refractivity contribution in [1.29, 1.82) is 0 Å². The summed E-state index contributed by atoms with van der Waals surface area (Å²) in [6, 6.07) is 0. The normalized spacial score (nSPS) is 19.6. The van der Waals surface area contributed by atoms with E-state index in [0.29, 0.717) is 24.7 Å². The number of rotatable bonds is 7. The molecule has 0 aromatic rings. The number of amides is 1. The van der Waals surface area contributed by atoms with Crippen molar-refractivity contribution in [2.24, 2.45) is 11.8 Å². The molecule has 1 amide bonds. The van der Waals surface area contributed by atoms with Crippen LogP contribution in [0.1, 0.15) is 72.1 Å². The fraction of sp³-hybridized carbons (Fsp3) is 0.875. The van der Waals surface area contributed by atoms with Crippen molar-refractivity contribution in [1.82, 2.24) is 5.32 Å². The summed E-state index contributed by atoms with van der Waals surface area (Å²) in [6.45, 7) is 6.47. The molecule has 0 saturated heterocycles. The average Bonchev–Trinajstić information content (AvgIpc) is 2.38. The van der Waals surface area contributed by atoms with Crippen LogP contribution >= 0.6 is 0 Å². The summed E-state index contributed by atoms with van der Waals surface area (Å²) in [6.07, 6.45) is 6.96. The first-order valence-electron chi connectivity index (χ1n) is 7.89. The number of nitrogens with one attached hydrogen (secondary N) is 1. The molecule has 0 aliphatic heterocycles. The minimum Gasteiger partial charge on any atom is -0.481 e. The summed E-state index contributed by atoms with van der Waals surface area (Å²) in [5.74, 6) is 0.0819. The van der Waals surface area contributed by atoms with Crippen LogP contribution in [0.2, 0.25) is 0 Å². The SMILES string of the molecule is CC(C)[C@@](C)(NC(=O)CCCC(=O)O)C1CCCCC1. The molecule has 0 heterocycles. The summed E-state index contributed by atoms with van der Waals surface area (Å²) < 4.78 is 0. The lowest BCUT2D eigenvalue weighted by Gasteiger charge is -2.44. The molecular formula is C16H29NO3.